The molecule has 1 heterocycles. The topological polar surface area (TPSA) is 64.4 Å². The Bertz CT molecular complexity index is 579. The molecule has 116 valence electrons. The fourth-order valence-corrected chi connectivity index (χ4v) is 3.13. The van der Waals surface area contributed by atoms with Gasteiger partial charge in [0.15, 0.2) is 0 Å². The SMILES string of the molecule is Cc1cc([N+](=O)[O-])c(C)cc1NC1CC(C)(C)OC1(C)C. The zero-order valence-electron chi connectivity index (χ0n) is 13.6. The minimum absolute atomic E-state index is 0.162. The van der Waals surface area contributed by atoms with Gasteiger partial charge in [0.2, 0.25) is 0 Å². The van der Waals surface area contributed by atoms with Crippen molar-refractivity contribution >= 4 is 11.4 Å². The Labute approximate surface area is 125 Å². The number of hydrogen-bond acceptors (Lipinski definition) is 4. The van der Waals surface area contributed by atoms with Crippen molar-refractivity contribution < 1.29 is 9.66 Å². The summed E-state index contributed by atoms with van der Waals surface area (Å²) in [6.07, 6.45) is 0.898. The Balaban J connectivity index is 2.29. The van der Waals surface area contributed by atoms with Crippen LogP contribution in [-0.4, -0.2) is 22.2 Å². The number of benzene rings is 1. The van der Waals surface area contributed by atoms with Crippen LogP contribution in [0.25, 0.3) is 0 Å². The van der Waals surface area contributed by atoms with Gasteiger partial charge in [-0.05, 0) is 59.6 Å². The number of nitro groups is 1. The predicted molar refractivity (Wildman–Crippen MR) is 83.8 cm³/mol. The summed E-state index contributed by atoms with van der Waals surface area (Å²) in [6, 6.07) is 3.66. The number of aryl methyl sites for hydroxylation is 2. The summed E-state index contributed by atoms with van der Waals surface area (Å²) in [5, 5.41) is 14.5. The highest BCUT2D eigenvalue weighted by molar-refractivity contribution is 5.60. The van der Waals surface area contributed by atoms with Crippen molar-refractivity contribution in [1.82, 2.24) is 0 Å². The molecule has 0 saturated carbocycles. The zero-order valence-corrected chi connectivity index (χ0v) is 13.6. The van der Waals surface area contributed by atoms with E-state index >= 15 is 0 Å². The summed E-state index contributed by atoms with van der Waals surface area (Å²) in [5.41, 5.74) is 2.23. The predicted octanol–water partition coefficient (Wildman–Crippen LogP) is 3.97. The molecule has 1 saturated heterocycles. The first-order valence-electron chi connectivity index (χ1n) is 7.24. The number of rotatable bonds is 3. The molecule has 1 aromatic carbocycles. The molecule has 1 N–H and O–H groups in total. The maximum absolute atomic E-state index is 11.0. The van der Waals surface area contributed by atoms with E-state index in [-0.39, 0.29) is 27.9 Å². The Morgan fingerprint density at radius 1 is 1.24 bits per heavy atom. The third-order valence-electron chi connectivity index (χ3n) is 4.14. The highest BCUT2D eigenvalue weighted by Crippen LogP contribution is 2.39. The van der Waals surface area contributed by atoms with Crippen LogP contribution in [0.2, 0.25) is 0 Å². The number of anilines is 1. The molecule has 0 amide bonds. The number of nitro benzene ring substituents is 1. The first-order chi connectivity index (χ1) is 9.52. The normalized spacial score (nSPS) is 23.0. The van der Waals surface area contributed by atoms with Crippen LogP contribution in [0.15, 0.2) is 12.1 Å². The highest BCUT2D eigenvalue weighted by Gasteiger charge is 2.45. The van der Waals surface area contributed by atoms with Crippen molar-refractivity contribution in [2.45, 2.75) is 65.2 Å². The van der Waals surface area contributed by atoms with E-state index in [1.54, 1.807) is 13.0 Å². The average Bonchev–Trinajstić information content (AvgIpc) is 2.50. The van der Waals surface area contributed by atoms with Crippen LogP contribution in [0.1, 0.15) is 45.2 Å². The Hall–Kier alpha value is -1.62. The Kier molecular flexibility index (Phi) is 3.74. The van der Waals surface area contributed by atoms with Crippen LogP contribution in [0, 0.1) is 24.0 Å². The van der Waals surface area contributed by atoms with Gasteiger partial charge < -0.3 is 10.1 Å². The van der Waals surface area contributed by atoms with E-state index in [4.69, 9.17) is 4.74 Å². The molecular weight excluding hydrogens is 268 g/mol. The van der Waals surface area contributed by atoms with Gasteiger partial charge in [-0.25, -0.2) is 0 Å². The molecule has 1 atom stereocenters. The van der Waals surface area contributed by atoms with E-state index in [1.165, 1.54) is 0 Å². The molecule has 0 radical (unpaired) electrons. The van der Waals surface area contributed by atoms with E-state index in [2.05, 4.69) is 33.0 Å². The zero-order chi connectivity index (χ0) is 16.0. The lowest BCUT2D eigenvalue weighted by Gasteiger charge is -2.29. The number of ether oxygens (including phenoxy) is 1. The lowest BCUT2D eigenvalue weighted by Crippen LogP contribution is -2.38. The van der Waals surface area contributed by atoms with Crippen molar-refractivity contribution in [3.63, 3.8) is 0 Å². The van der Waals surface area contributed by atoms with Crippen molar-refractivity contribution in [3.05, 3.63) is 33.4 Å². The van der Waals surface area contributed by atoms with Gasteiger partial charge in [0.1, 0.15) is 0 Å². The summed E-state index contributed by atoms with van der Waals surface area (Å²) < 4.78 is 6.08. The standard InChI is InChI=1S/C16H24N2O3/c1-10-8-13(18(19)20)11(2)7-12(10)17-14-9-15(3,4)21-16(14,5)6/h7-8,14,17H,9H2,1-6H3. The summed E-state index contributed by atoms with van der Waals surface area (Å²) in [5.74, 6) is 0. The molecule has 1 fully saturated rings. The molecule has 5 nitrogen and oxygen atoms in total. The number of nitrogens with one attached hydrogen (secondary N) is 1. The monoisotopic (exact) mass is 292 g/mol. The second kappa shape index (κ2) is 4.98. The van der Waals surface area contributed by atoms with Crippen molar-refractivity contribution in [1.29, 1.82) is 0 Å². The van der Waals surface area contributed by atoms with Gasteiger partial charge in [-0.1, -0.05) is 0 Å². The van der Waals surface area contributed by atoms with Crippen LogP contribution in [0.5, 0.6) is 0 Å². The molecule has 5 heteroatoms. The summed E-state index contributed by atoms with van der Waals surface area (Å²) in [4.78, 5) is 10.6. The van der Waals surface area contributed by atoms with E-state index in [9.17, 15) is 10.1 Å². The molecule has 21 heavy (non-hydrogen) atoms. The second-order valence-electron chi connectivity index (χ2n) is 7.08. The second-order valence-corrected chi connectivity index (χ2v) is 7.08. The fourth-order valence-electron chi connectivity index (χ4n) is 3.13. The Morgan fingerprint density at radius 3 is 2.33 bits per heavy atom. The Morgan fingerprint density at radius 2 is 1.86 bits per heavy atom. The van der Waals surface area contributed by atoms with Crippen molar-refractivity contribution in [2.75, 3.05) is 5.32 Å². The van der Waals surface area contributed by atoms with Gasteiger partial charge in [-0.15, -0.1) is 0 Å². The van der Waals surface area contributed by atoms with Crippen LogP contribution >= 0.6 is 0 Å². The van der Waals surface area contributed by atoms with Gasteiger partial charge in [0.05, 0.1) is 22.2 Å². The smallest absolute Gasteiger partial charge is 0.272 e. The molecule has 1 aromatic rings. The molecule has 2 rings (SSSR count). The van der Waals surface area contributed by atoms with Gasteiger partial charge in [0.25, 0.3) is 5.69 Å². The molecule has 1 aliphatic heterocycles. The van der Waals surface area contributed by atoms with E-state index < -0.39 is 0 Å². The molecular formula is C16H24N2O3. The van der Waals surface area contributed by atoms with Gasteiger partial charge in [0, 0.05) is 17.3 Å². The first-order valence-corrected chi connectivity index (χ1v) is 7.24. The summed E-state index contributed by atoms with van der Waals surface area (Å²) in [7, 11) is 0. The average molecular weight is 292 g/mol. The van der Waals surface area contributed by atoms with Crippen LogP contribution in [0.4, 0.5) is 11.4 Å². The van der Waals surface area contributed by atoms with Crippen LogP contribution < -0.4 is 5.32 Å². The number of hydrogen-bond donors (Lipinski definition) is 1. The first kappa shape index (κ1) is 15.8. The largest absolute Gasteiger partial charge is 0.379 e. The van der Waals surface area contributed by atoms with E-state index in [1.807, 2.05) is 13.0 Å². The van der Waals surface area contributed by atoms with Crippen LogP contribution in [0.3, 0.4) is 0 Å². The quantitative estimate of drug-likeness (QED) is 0.676. The fraction of sp³-hybridized carbons (Fsp3) is 0.625. The molecule has 0 aromatic heterocycles. The van der Waals surface area contributed by atoms with Crippen molar-refractivity contribution in [3.8, 4) is 0 Å². The molecule has 0 spiro atoms. The third-order valence-corrected chi connectivity index (χ3v) is 4.14. The summed E-state index contributed by atoms with van der Waals surface area (Å²) >= 11 is 0. The maximum atomic E-state index is 11.0. The van der Waals surface area contributed by atoms with Crippen molar-refractivity contribution in [2.24, 2.45) is 0 Å². The third kappa shape index (κ3) is 3.18. The lowest BCUT2D eigenvalue weighted by atomic mass is 9.93. The van der Waals surface area contributed by atoms with Gasteiger partial charge in [-0.3, -0.25) is 10.1 Å². The minimum atomic E-state index is -0.335. The van der Waals surface area contributed by atoms with E-state index in [0.29, 0.717) is 5.56 Å². The molecule has 0 aliphatic carbocycles. The van der Waals surface area contributed by atoms with Crippen LogP contribution in [-0.2, 0) is 4.74 Å². The molecule has 1 aliphatic rings. The number of nitrogens with zero attached hydrogens (tertiary/aromatic N) is 1. The van der Waals surface area contributed by atoms with Gasteiger partial charge in [-0.2, -0.15) is 0 Å². The summed E-state index contributed by atoms with van der Waals surface area (Å²) in [6.45, 7) is 12.0. The van der Waals surface area contributed by atoms with Gasteiger partial charge >= 0.3 is 0 Å². The minimum Gasteiger partial charge on any atom is -0.379 e. The molecule has 1 unspecified atom stereocenters. The lowest BCUT2D eigenvalue weighted by molar-refractivity contribution is -0.385. The van der Waals surface area contributed by atoms with E-state index in [0.717, 1.165) is 17.7 Å². The highest BCUT2D eigenvalue weighted by atomic mass is 16.6. The molecule has 0 bridgehead atoms. The maximum Gasteiger partial charge on any atom is 0.272 e.